The fourth-order valence-corrected chi connectivity index (χ4v) is 2.74. The highest BCUT2D eigenvalue weighted by molar-refractivity contribution is 6.18. The van der Waals surface area contributed by atoms with Crippen molar-refractivity contribution in [1.29, 1.82) is 0 Å². The third-order valence-electron chi connectivity index (χ3n) is 3.98. The summed E-state index contributed by atoms with van der Waals surface area (Å²) in [6, 6.07) is 0. The zero-order chi connectivity index (χ0) is 12.0. The van der Waals surface area contributed by atoms with E-state index in [1.165, 1.54) is 12.8 Å². The quantitative estimate of drug-likeness (QED) is 0.698. The average molecular weight is 248 g/mol. The lowest BCUT2D eigenvalue weighted by Crippen LogP contribution is -2.38. The normalized spacial score (nSPS) is 26.2. The van der Waals surface area contributed by atoms with Crippen LogP contribution in [0.2, 0.25) is 0 Å². The topological polar surface area (TPSA) is 21.3 Å². The van der Waals surface area contributed by atoms with Crippen molar-refractivity contribution in [3.63, 3.8) is 0 Å². The maximum Gasteiger partial charge on any atom is 0.0704 e. The van der Waals surface area contributed by atoms with E-state index in [1.807, 2.05) is 0 Å². The third-order valence-corrected chi connectivity index (χ3v) is 4.54. The highest BCUT2D eigenvalue weighted by Crippen LogP contribution is 2.27. The van der Waals surface area contributed by atoms with Crippen LogP contribution in [0.3, 0.4) is 0 Å². The van der Waals surface area contributed by atoms with E-state index in [9.17, 15) is 0 Å². The zero-order valence-corrected chi connectivity index (χ0v) is 11.6. The first-order chi connectivity index (χ1) is 7.65. The molecule has 0 aromatic rings. The number of halogens is 1. The van der Waals surface area contributed by atoms with E-state index in [0.29, 0.717) is 12.2 Å². The first-order valence-electron chi connectivity index (χ1n) is 6.58. The molecule has 1 saturated heterocycles. The van der Waals surface area contributed by atoms with Crippen molar-refractivity contribution < 1.29 is 4.74 Å². The molecule has 1 N–H and O–H groups in total. The van der Waals surface area contributed by atoms with Crippen molar-refractivity contribution >= 4 is 11.6 Å². The number of hydrogen-bond acceptors (Lipinski definition) is 2. The summed E-state index contributed by atoms with van der Waals surface area (Å²) >= 11 is 6.07. The summed E-state index contributed by atoms with van der Waals surface area (Å²) in [7, 11) is 0. The highest BCUT2D eigenvalue weighted by atomic mass is 35.5. The van der Waals surface area contributed by atoms with Gasteiger partial charge in [0, 0.05) is 19.0 Å². The first kappa shape index (κ1) is 14.3. The summed E-state index contributed by atoms with van der Waals surface area (Å²) in [5.74, 6) is 0.745. The van der Waals surface area contributed by atoms with Gasteiger partial charge in [-0.05, 0) is 38.0 Å². The van der Waals surface area contributed by atoms with Gasteiger partial charge in [0.1, 0.15) is 0 Å². The average Bonchev–Trinajstić information content (AvgIpc) is 2.71. The predicted molar refractivity (Wildman–Crippen MR) is 70.2 cm³/mol. The van der Waals surface area contributed by atoms with Crippen LogP contribution in [0.1, 0.15) is 46.5 Å². The van der Waals surface area contributed by atoms with E-state index in [0.717, 1.165) is 31.8 Å². The predicted octanol–water partition coefficient (Wildman–Crippen LogP) is 3.19. The summed E-state index contributed by atoms with van der Waals surface area (Å²) in [6.45, 7) is 8.59. The second kappa shape index (κ2) is 6.83. The van der Waals surface area contributed by atoms with Crippen molar-refractivity contribution in [2.45, 2.75) is 58.7 Å². The minimum Gasteiger partial charge on any atom is -0.374 e. The van der Waals surface area contributed by atoms with Gasteiger partial charge in [0.15, 0.2) is 0 Å². The Morgan fingerprint density at radius 1 is 1.31 bits per heavy atom. The Hall–Kier alpha value is 0.210. The lowest BCUT2D eigenvalue weighted by atomic mass is 9.84. The Bertz CT molecular complexity index is 186. The Kier molecular flexibility index (Phi) is 6.09. The van der Waals surface area contributed by atoms with Crippen molar-refractivity contribution in [2.75, 3.05) is 19.0 Å². The summed E-state index contributed by atoms with van der Waals surface area (Å²) in [5, 5.41) is 3.53. The lowest BCUT2D eigenvalue weighted by molar-refractivity contribution is 0.0542. The van der Waals surface area contributed by atoms with Gasteiger partial charge in [0.05, 0.1) is 12.2 Å². The number of rotatable bonds is 7. The second-order valence-electron chi connectivity index (χ2n) is 5.12. The number of nitrogens with one attached hydrogen (secondary N) is 1. The maximum atomic E-state index is 6.07. The van der Waals surface area contributed by atoms with Gasteiger partial charge in [-0.25, -0.2) is 0 Å². The van der Waals surface area contributed by atoms with Gasteiger partial charge in [0.2, 0.25) is 0 Å². The van der Waals surface area contributed by atoms with Crippen LogP contribution in [0.15, 0.2) is 0 Å². The van der Waals surface area contributed by atoms with E-state index >= 15 is 0 Å². The third kappa shape index (κ3) is 3.90. The SMILES string of the molecule is CCC(CC)(CCl)CNCC1CCC(C)O1. The summed E-state index contributed by atoms with van der Waals surface area (Å²) in [5.41, 5.74) is 0.270. The fourth-order valence-electron chi connectivity index (χ4n) is 2.27. The van der Waals surface area contributed by atoms with E-state index in [-0.39, 0.29) is 5.41 Å². The van der Waals surface area contributed by atoms with E-state index in [4.69, 9.17) is 16.3 Å². The van der Waals surface area contributed by atoms with Crippen LogP contribution in [-0.2, 0) is 4.74 Å². The molecule has 0 spiro atoms. The van der Waals surface area contributed by atoms with Gasteiger partial charge in [-0.3, -0.25) is 0 Å². The van der Waals surface area contributed by atoms with E-state index < -0.39 is 0 Å². The molecule has 1 rings (SSSR count). The molecule has 2 nitrogen and oxygen atoms in total. The van der Waals surface area contributed by atoms with Gasteiger partial charge in [-0.2, -0.15) is 0 Å². The second-order valence-corrected chi connectivity index (χ2v) is 5.38. The van der Waals surface area contributed by atoms with Crippen LogP contribution >= 0.6 is 11.6 Å². The lowest BCUT2D eigenvalue weighted by Gasteiger charge is -2.30. The molecule has 0 aliphatic carbocycles. The molecule has 0 saturated carbocycles. The van der Waals surface area contributed by atoms with Gasteiger partial charge in [-0.1, -0.05) is 13.8 Å². The Morgan fingerprint density at radius 3 is 2.44 bits per heavy atom. The molecular weight excluding hydrogens is 222 g/mol. The standard InChI is InChI=1S/C13H26ClNO/c1-4-13(5-2,9-14)10-15-8-12-7-6-11(3)16-12/h11-12,15H,4-10H2,1-3H3. The van der Waals surface area contributed by atoms with Crippen LogP contribution in [0.4, 0.5) is 0 Å². The zero-order valence-electron chi connectivity index (χ0n) is 10.9. The van der Waals surface area contributed by atoms with Crippen LogP contribution in [0.5, 0.6) is 0 Å². The molecule has 0 aromatic heterocycles. The molecule has 1 aliphatic heterocycles. The number of ether oxygens (including phenoxy) is 1. The van der Waals surface area contributed by atoms with Crippen LogP contribution in [0.25, 0.3) is 0 Å². The van der Waals surface area contributed by atoms with Crippen molar-refractivity contribution in [1.82, 2.24) is 5.32 Å². The molecule has 96 valence electrons. The minimum absolute atomic E-state index is 0.270. The van der Waals surface area contributed by atoms with Crippen LogP contribution < -0.4 is 5.32 Å². The molecule has 1 fully saturated rings. The fraction of sp³-hybridized carbons (Fsp3) is 1.00. The summed E-state index contributed by atoms with van der Waals surface area (Å²) in [4.78, 5) is 0. The van der Waals surface area contributed by atoms with Crippen molar-refractivity contribution in [2.24, 2.45) is 5.41 Å². The largest absolute Gasteiger partial charge is 0.374 e. The van der Waals surface area contributed by atoms with E-state index in [1.54, 1.807) is 0 Å². The molecular formula is C13H26ClNO. The first-order valence-corrected chi connectivity index (χ1v) is 7.11. The highest BCUT2D eigenvalue weighted by Gasteiger charge is 2.26. The van der Waals surface area contributed by atoms with Gasteiger partial charge in [0.25, 0.3) is 0 Å². The molecule has 0 aromatic carbocycles. The number of alkyl halides is 1. The van der Waals surface area contributed by atoms with Crippen LogP contribution in [0, 0.1) is 5.41 Å². The molecule has 0 amide bonds. The molecule has 1 heterocycles. The molecule has 2 unspecified atom stereocenters. The maximum absolute atomic E-state index is 6.07. The van der Waals surface area contributed by atoms with Crippen molar-refractivity contribution in [3.8, 4) is 0 Å². The monoisotopic (exact) mass is 247 g/mol. The van der Waals surface area contributed by atoms with Gasteiger partial charge in [-0.15, -0.1) is 11.6 Å². The summed E-state index contributed by atoms with van der Waals surface area (Å²) in [6.07, 6.45) is 5.54. The van der Waals surface area contributed by atoms with Gasteiger partial charge < -0.3 is 10.1 Å². The molecule has 2 atom stereocenters. The molecule has 0 radical (unpaired) electrons. The van der Waals surface area contributed by atoms with Gasteiger partial charge >= 0.3 is 0 Å². The number of hydrogen-bond donors (Lipinski definition) is 1. The minimum atomic E-state index is 0.270. The Morgan fingerprint density at radius 2 is 2.00 bits per heavy atom. The van der Waals surface area contributed by atoms with Crippen LogP contribution in [-0.4, -0.2) is 31.2 Å². The smallest absolute Gasteiger partial charge is 0.0704 e. The molecule has 1 aliphatic rings. The summed E-state index contributed by atoms with van der Waals surface area (Å²) < 4.78 is 5.78. The molecule has 0 bridgehead atoms. The van der Waals surface area contributed by atoms with E-state index in [2.05, 4.69) is 26.1 Å². The van der Waals surface area contributed by atoms with Crippen molar-refractivity contribution in [3.05, 3.63) is 0 Å². The Balaban J connectivity index is 2.23. The molecule has 16 heavy (non-hydrogen) atoms. The molecule has 3 heteroatoms. The Labute approximate surface area is 105 Å².